The van der Waals surface area contributed by atoms with Crippen LogP contribution in [0.3, 0.4) is 0 Å². The summed E-state index contributed by atoms with van der Waals surface area (Å²) in [5.74, 6) is 0.879. The van der Waals surface area contributed by atoms with Gasteiger partial charge in [-0.2, -0.15) is 31.9 Å². The average molecular weight is 562 g/mol. The molecule has 0 amide bonds. The second-order valence-corrected chi connectivity index (χ2v) is 6.30. The largest absolute Gasteiger partial charge is 3.00 e. The first-order valence-corrected chi connectivity index (χ1v) is 9.41. The molecule has 0 atom stereocenters. The molecule has 0 N–H and O–H groups in total. The molecule has 187 valence electrons. The minimum atomic E-state index is -6.00. The first kappa shape index (κ1) is 38.0. The van der Waals surface area contributed by atoms with Crippen LogP contribution in [0.25, 0.3) is 10.6 Å². The Morgan fingerprint density at radius 2 is 1.17 bits per heavy atom. The van der Waals surface area contributed by atoms with E-state index in [1.54, 1.807) is 0 Å². The summed E-state index contributed by atoms with van der Waals surface area (Å²) in [7, 11) is -9.81. The van der Waals surface area contributed by atoms with E-state index in [4.69, 9.17) is 12.6 Å². The van der Waals surface area contributed by atoms with Crippen molar-refractivity contribution in [3.63, 3.8) is 0 Å². The zero-order valence-corrected chi connectivity index (χ0v) is 19.3. The molecule has 2 aliphatic heterocycles. The fourth-order valence-corrected chi connectivity index (χ4v) is 2.37. The van der Waals surface area contributed by atoms with Gasteiger partial charge >= 0.3 is 47.5 Å². The Morgan fingerprint density at radius 3 is 1.57 bits per heavy atom. The van der Waals surface area contributed by atoms with E-state index in [1.165, 1.54) is 39.0 Å². The van der Waals surface area contributed by atoms with E-state index in [9.17, 15) is 34.5 Å². The van der Waals surface area contributed by atoms with Crippen LogP contribution in [0, 0.1) is 0 Å². The number of rotatable bonds is 2. The molecule has 17 heteroatoms. The minimum Gasteiger partial charge on any atom is -0.791 e. The standard InChI is InChI=1S/C8H18N2S.C5H10N2.2BF4.2Ni/c1-9-3-2-4-10(6-5-9)7-8-11;1-2-6-4-5-7-3-1;2*2-1(3,4)5;;/h11H,2-8H2,1H3;1-5H2;;;;/q;-2;2*-1;+2;+3/p-1. The van der Waals surface area contributed by atoms with Gasteiger partial charge in [0.2, 0.25) is 0 Å². The van der Waals surface area contributed by atoms with Crippen molar-refractivity contribution in [2.24, 2.45) is 0 Å². The van der Waals surface area contributed by atoms with Crippen LogP contribution in [-0.2, 0) is 45.6 Å². The van der Waals surface area contributed by atoms with Crippen molar-refractivity contribution in [3.05, 3.63) is 10.6 Å². The summed E-state index contributed by atoms with van der Waals surface area (Å²) in [5, 5.41) is 8.35. The molecule has 0 aliphatic carbocycles. The maximum absolute atomic E-state index is 9.75. The first-order valence-electron chi connectivity index (χ1n) is 8.83. The van der Waals surface area contributed by atoms with E-state index in [2.05, 4.69) is 27.5 Å². The fourth-order valence-electron chi connectivity index (χ4n) is 2.11. The van der Waals surface area contributed by atoms with Crippen molar-refractivity contribution in [1.82, 2.24) is 9.80 Å². The van der Waals surface area contributed by atoms with Crippen LogP contribution in [-0.4, -0.2) is 96.0 Å². The van der Waals surface area contributed by atoms with Crippen molar-refractivity contribution in [1.29, 1.82) is 0 Å². The minimum absolute atomic E-state index is 0. The van der Waals surface area contributed by atoms with Crippen molar-refractivity contribution in [3.8, 4) is 0 Å². The molecule has 2 saturated heterocycles. The van der Waals surface area contributed by atoms with Crippen LogP contribution in [0.4, 0.5) is 34.5 Å². The summed E-state index contributed by atoms with van der Waals surface area (Å²) in [5.41, 5.74) is 0. The van der Waals surface area contributed by atoms with Gasteiger partial charge in [-0.3, -0.25) is 0 Å². The number of likely N-dealkylation sites (N-methyl/N-ethyl adjacent to an activating group) is 1. The van der Waals surface area contributed by atoms with Crippen LogP contribution in [0.15, 0.2) is 0 Å². The molecular weight excluding hydrogens is 535 g/mol. The third kappa shape index (κ3) is 46.8. The van der Waals surface area contributed by atoms with Crippen LogP contribution in [0.1, 0.15) is 12.8 Å². The normalized spacial score (nSPS) is 18.2. The molecule has 2 fully saturated rings. The first-order chi connectivity index (χ1) is 12.8. The summed E-state index contributed by atoms with van der Waals surface area (Å²) in [6.07, 6.45) is 2.46. The van der Waals surface area contributed by atoms with Gasteiger partial charge in [0.1, 0.15) is 0 Å². The van der Waals surface area contributed by atoms with E-state index < -0.39 is 14.5 Å². The molecule has 0 aromatic rings. The predicted molar refractivity (Wildman–Crippen MR) is 102 cm³/mol. The molecule has 0 aromatic heterocycles. The Hall–Kier alpha value is 0.747. The van der Waals surface area contributed by atoms with Gasteiger partial charge in [-0.05, 0) is 33.1 Å². The van der Waals surface area contributed by atoms with E-state index >= 15 is 0 Å². The van der Waals surface area contributed by atoms with E-state index in [-0.39, 0.29) is 33.0 Å². The van der Waals surface area contributed by atoms with Gasteiger partial charge in [0.25, 0.3) is 0 Å². The fraction of sp³-hybridized carbons (Fsp3) is 1.00. The Kier molecular flexibility index (Phi) is 29.1. The number of halogens is 8. The molecule has 2 rings (SSSR count). The molecule has 4 nitrogen and oxygen atoms in total. The van der Waals surface area contributed by atoms with Crippen molar-refractivity contribution >= 4 is 27.1 Å². The van der Waals surface area contributed by atoms with Gasteiger partial charge in [-0.25, -0.2) is 0 Å². The smallest absolute Gasteiger partial charge is 0.791 e. The Bertz CT molecular complexity index is 320. The summed E-state index contributed by atoms with van der Waals surface area (Å²) >= 11 is 4.95. The van der Waals surface area contributed by atoms with E-state index in [1.807, 2.05) is 0 Å². The Balaban J connectivity index is -0.000000156. The maximum atomic E-state index is 9.75. The molecule has 0 bridgehead atoms. The van der Waals surface area contributed by atoms with Crippen LogP contribution >= 0.6 is 0 Å². The van der Waals surface area contributed by atoms with Crippen molar-refractivity contribution < 1.29 is 67.5 Å². The second kappa shape index (κ2) is 22.9. The third-order valence-corrected chi connectivity index (χ3v) is 3.45. The van der Waals surface area contributed by atoms with Crippen LogP contribution < -0.4 is 0 Å². The zero-order valence-electron chi connectivity index (χ0n) is 16.5. The molecule has 0 aromatic carbocycles. The summed E-state index contributed by atoms with van der Waals surface area (Å²) in [4.78, 5) is 4.86. The molecule has 0 unspecified atom stereocenters. The monoisotopic (exact) mass is 561 g/mol. The topological polar surface area (TPSA) is 34.7 Å². The predicted octanol–water partition coefficient (Wildman–Crippen LogP) is 3.90. The average Bonchev–Trinajstić information content (AvgIpc) is 2.91. The molecule has 0 saturated carbocycles. The molecule has 0 spiro atoms. The Morgan fingerprint density at radius 1 is 0.733 bits per heavy atom. The molecule has 2 heterocycles. The molecule has 2 aliphatic rings. The maximum Gasteiger partial charge on any atom is 3.00 e. The van der Waals surface area contributed by atoms with E-state index in [0.717, 1.165) is 38.5 Å². The molecule has 30 heavy (non-hydrogen) atoms. The summed E-state index contributed by atoms with van der Waals surface area (Å²) < 4.78 is 78.0. The van der Waals surface area contributed by atoms with Crippen LogP contribution in [0.2, 0.25) is 0 Å². The summed E-state index contributed by atoms with van der Waals surface area (Å²) in [6, 6.07) is 0. The van der Waals surface area contributed by atoms with Gasteiger partial charge in [0, 0.05) is 13.1 Å². The zero-order chi connectivity index (χ0) is 22.1. The quantitative estimate of drug-likeness (QED) is 0.291. The number of hydrogen-bond donors (Lipinski definition) is 0. The van der Waals surface area contributed by atoms with Gasteiger partial charge in [-0.1, -0.05) is 6.42 Å². The third-order valence-electron chi connectivity index (χ3n) is 3.27. The Labute approximate surface area is 199 Å². The van der Waals surface area contributed by atoms with E-state index in [0.29, 0.717) is 0 Å². The van der Waals surface area contributed by atoms with Gasteiger partial charge in [-0.15, -0.1) is 0 Å². The van der Waals surface area contributed by atoms with Gasteiger partial charge in [0.15, 0.2) is 0 Å². The SMILES string of the molecule is C1C[N-]CC[N-]C1.CN1CCCN(CC[S-])CC1.F[B-](F)(F)F.F[B-](F)(F)F.[Ni+2].[Ni+3]. The van der Waals surface area contributed by atoms with Crippen molar-refractivity contribution in [2.45, 2.75) is 12.8 Å². The second-order valence-electron chi connectivity index (χ2n) is 5.89. The summed E-state index contributed by atoms with van der Waals surface area (Å²) in [6.45, 7) is 9.97. The van der Waals surface area contributed by atoms with Crippen molar-refractivity contribution in [2.75, 3.05) is 71.7 Å². The van der Waals surface area contributed by atoms with Gasteiger partial charge in [0.05, 0.1) is 0 Å². The molecular formula is C13H27B2F8N4Ni2S. The van der Waals surface area contributed by atoms with Crippen LogP contribution in [0.5, 0.6) is 0 Å². The van der Waals surface area contributed by atoms with Gasteiger partial charge < -0.3 is 67.6 Å². The number of nitrogens with zero attached hydrogens (tertiary/aromatic N) is 4. The number of hydrogen-bond acceptors (Lipinski definition) is 3. The molecule has 1 radical (unpaired) electrons.